The molecule has 0 N–H and O–H groups in total. The number of hydrogen-bond donors (Lipinski definition) is 0. The molecule has 9 heteroatoms. The summed E-state index contributed by atoms with van der Waals surface area (Å²) >= 11 is 1.65. The lowest BCUT2D eigenvalue weighted by Crippen LogP contribution is -2.14. The van der Waals surface area contributed by atoms with Crippen LogP contribution in [-0.4, -0.2) is 41.7 Å². The highest BCUT2D eigenvalue weighted by atomic mass is 32.1. The summed E-state index contributed by atoms with van der Waals surface area (Å²) in [6.45, 7) is 1.02. The predicted molar refractivity (Wildman–Crippen MR) is 242 cm³/mol. The number of rotatable bonds is 14. The van der Waals surface area contributed by atoms with Crippen LogP contribution in [0.5, 0.6) is 34.5 Å². The van der Waals surface area contributed by atoms with Crippen molar-refractivity contribution in [2.24, 2.45) is 0 Å². The molecule has 0 aliphatic carbocycles. The summed E-state index contributed by atoms with van der Waals surface area (Å²) in [6.07, 6.45) is 8.44. The van der Waals surface area contributed by atoms with Gasteiger partial charge in [-0.2, -0.15) is 0 Å². The summed E-state index contributed by atoms with van der Waals surface area (Å²) in [7, 11) is 6.70. The third kappa shape index (κ3) is 8.76. The minimum Gasteiger partial charge on any atom is -0.497 e. The van der Waals surface area contributed by atoms with Gasteiger partial charge in [-0.15, -0.1) is 11.3 Å². The molecule has 0 amide bonds. The van der Waals surface area contributed by atoms with E-state index in [0.29, 0.717) is 13.2 Å². The summed E-state index contributed by atoms with van der Waals surface area (Å²) in [4.78, 5) is 6.42. The number of hydrogen-bond acceptors (Lipinski definition) is 9. The van der Waals surface area contributed by atoms with Crippen molar-refractivity contribution >= 4 is 69.8 Å². The van der Waals surface area contributed by atoms with Crippen LogP contribution in [0.2, 0.25) is 0 Å². The molecular formula is C50H44N2O6S. The number of fused-ring (bicyclic) bond motifs is 1. The van der Waals surface area contributed by atoms with Crippen LogP contribution in [0.3, 0.4) is 0 Å². The number of methoxy groups -OCH3 is 4. The van der Waals surface area contributed by atoms with E-state index in [1.165, 1.54) is 0 Å². The Morgan fingerprint density at radius 2 is 0.627 bits per heavy atom. The first-order chi connectivity index (χ1) is 29.0. The zero-order valence-corrected chi connectivity index (χ0v) is 34.1. The average molecular weight is 801 g/mol. The summed E-state index contributed by atoms with van der Waals surface area (Å²) in [5.74, 6) is 4.79. The molecule has 8 rings (SSSR count). The third-order valence-corrected chi connectivity index (χ3v) is 11.0. The maximum atomic E-state index is 6.17. The molecule has 8 nitrogen and oxygen atoms in total. The molecule has 0 radical (unpaired) electrons. The first-order valence-electron chi connectivity index (χ1n) is 19.2. The maximum Gasteiger partial charge on any atom is 0.180 e. The second-order valence-corrected chi connectivity index (χ2v) is 14.6. The lowest BCUT2D eigenvalue weighted by molar-refractivity contribution is 0.173. The molecule has 0 fully saturated rings. The van der Waals surface area contributed by atoms with Gasteiger partial charge in [0.25, 0.3) is 0 Å². The van der Waals surface area contributed by atoms with Crippen LogP contribution in [0.4, 0.5) is 34.1 Å². The summed E-state index contributed by atoms with van der Waals surface area (Å²) < 4.78 is 34.0. The van der Waals surface area contributed by atoms with Crippen molar-refractivity contribution in [2.75, 3.05) is 51.5 Å². The number of nitrogens with zero attached hydrogens (tertiary/aromatic N) is 2. The van der Waals surface area contributed by atoms with Gasteiger partial charge in [-0.05, 0) is 145 Å². The van der Waals surface area contributed by atoms with Crippen LogP contribution in [0.1, 0.15) is 20.9 Å². The van der Waals surface area contributed by atoms with Crippen molar-refractivity contribution < 1.29 is 28.4 Å². The highest BCUT2D eigenvalue weighted by molar-refractivity contribution is 7.14. The fourth-order valence-corrected chi connectivity index (χ4v) is 7.85. The van der Waals surface area contributed by atoms with Crippen LogP contribution in [0.25, 0.3) is 24.3 Å². The lowest BCUT2D eigenvalue weighted by atomic mass is 10.1. The van der Waals surface area contributed by atoms with Gasteiger partial charge in [0.15, 0.2) is 11.5 Å². The van der Waals surface area contributed by atoms with Gasteiger partial charge in [-0.1, -0.05) is 36.4 Å². The van der Waals surface area contributed by atoms with Gasteiger partial charge in [-0.25, -0.2) is 0 Å². The molecule has 1 aromatic heterocycles. The molecule has 0 saturated heterocycles. The van der Waals surface area contributed by atoms with Gasteiger partial charge in [0, 0.05) is 34.1 Å². The van der Waals surface area contributed by atoms with Crippen molar-refractivity contribution in [3.63, 3.8) is 0 Å². The van der Waals surface area contributed by atoms with E-state index >= 15 is 0 Å². The van der Waals surface area contributed by atoms with Crippen LogP contribution in [0, 0.1) is 0 Å². The van der Waals surface area contributed by atoms with Gasteiger partial charge in [0.1, 0.15) is 36.2 Å². The number of ether oxygens (including phenoxy) is 6. The summed E-state index contributed by atoms with van der Waals surface area (Å²) in [5.41, 5.74) is 8.24. The topological polar surface area (TPSA) is 61.9 Å². The van der Waals surface area contributed by atoms with Gasteiger partial charge < -0.3 is 38.2 Å². The summed E-state index contributed by atoms with van der Waals surface area (Å²) in [5, 5.41) is 0. The highest BCUT2D eigenvalue weighted by Gasteiger charge is 2.22. The van der Waals surface area contributed by atoms with E-state index in [4.69, 9.17) is 28.4 Å². The Morgan fingerprint density at radius 3 is 0.881 bits per heavy atom. The van der Waals surface area contributed by atoms with Gasteiger partial charge in [-0.3, -0.25) is 0 Å². The number of thiophene rings is 1. The molecule has 59 heavy (non-hydrogen) atoms. The molecular weight excluding hydrogens is 757 g/mol. The maximum absolute atomic E-state index is 6.17. The Hall–Kier alpha value is -7.10. The Balaban J connectivity index is 1.02. The second kappa shape index (κ2) is 18.0. The molecule has 2 heterocycles. The van der Waals surface area contributed by atoms with E-state index in [1.54, 1.807) is 39.8 Å². The first kappa shape index (κ1) is 38.8. The first-order valence-corrected chi connectivity index (χ1v) is 20.0. The van der Waals surface area contributed by atoms with Crippen molar-refractivity contribution in [1.29, 1.82) is 0 Å². The third-order valence-electron chi connectivity index (χ3n) is 9.93. The van der Waals surface area contributed by atoms with E-state index in [-0.39, 0.29) is 0 Å². The monoisotopic (exact) mass is 800 g/mol. The van der Waals surface area contributed by atoms with Crippen LogP contribution < -0.4 is 38.2 Å². The van der Waals surface area contributed by atoms with Crippen LogP contribution in [0.15, 0.2) is 146 Å². The van der Waals surface area contributed by atoms with E-state index in [9.17, 15) is 0 Å². The largest absolute Gasteiger partial charge is 0.497 e. The fourth-order valence-electron chi connectivity index (χ4n) is 6.85. The Kier molecular flexibility index (Phi) is 11.8. The van der Waals surface area contributed by atoms with Crippen LogP contribution >= 0.6 is 11.3 Å². The molecule has 0 atom stereocenters. The predicted octanol–water partition coefficient (Wildman–Crippen LogP) is 12.8. The molecule has 1 aliphatic heterocycles. The Morgan fingerprint density at radius 1 is 0.373 bits per heavy atom. The number of benzene rings is 6. The molecule has 0 saturated carbocycles. The van der Waals surface area contributed by atoms with E-state index in [0.717, 1.165) is 89.5 Å². The second-order valence-electron chi connectivity index (χ2n) is 13.5. The zero-order chi connectivity index (χ0) is 40.6. The fraction of sp³-hybridized carbons (Fsp3) is 0.120. The quantitative estimate of drug-likeness (QED) is 0.108. The standard InChI is InChI=1S/C50H44N2O6S/c1-53-43-23-15-39(16-24-43)51(40-17-25-44(54-2)26-18-40)37-11-5-35(6-12-37)9-31-47-49-50(58-34-33-57-49)48(59-47)32-10-36-7-13-38(14-8-36)52(41-19-27-45(55-3)28-20-41)42-21-29-46(56-4)30-22-42/h5-32H,33-34H2,1-4H3/b31-9+,32-10+. The number of anilines is 6. The minimum absolute atomic E-state index is 0.509. The Labute approximate surface area is 349 Å². The van der Waals surface area contributed by atoms with Crippen molar-refractivity contribution in [3.8, 4) is 34.5 Å². The normalized spacial score (nSPS) is 12.1. The minimum atomic E-state index is 0.509. The van der Waals surface area contributed by atoms with Crippen molar-refractivity contribution in [3.05, 3.63) is 166 Å². The molecule has 296 valence electrons. The van der Waals surface area contributed by atoms with Crippen LogP contribution in [-0.2, 0) is 0 Å². The van der Waals surface area contributed by atoms with Gasteiger partial charge in [0.05, 0.1) is 38.2 Å². The average Bonchev–Trinajstić information content (AvgIpc) is 3.66. The Bertz CT molecular complexity index is 2240. The molecule has 0 spiro atoms. The molecule has 1 aliphatic rings. The van der Waals surface area contributed by atoms with E-state index < -0.39 is 0 Å². The molecule has 7 aromatic rings. The lowest BCUT2D eigenvalue weighted by Gasteiger charge is -2.26. The van der Waals surface area contributed by atoms with Gasteiger partial charge >= 0.3 is 0 Å². The molecule has 0 bridgehead atoms. The zero-order valence-electron chi connectivity index (χ0n) is 33.3. The smallest absolute Gasteiger partial charge is 0.180 e. The van der Waals surface area contributed by atoms with Crippen molar-refractivity contribution in [2.45, 2.75) is 0 Å². The molecule has 0 unspecified atom stereocenters. The molecule has 6 aromatic carbocycles. The van der Waals surface area contributed by atoms with Gasteiger partial charge in [0.2, 0.25) is 0 Å². The summed E-state index contributed by atoms with van der Waals surface area (Å²) in [6, 6.07) is 49.2. The van der Waals surface area contributed by atoms with E-state index in [1.807, 2.05) is 48.5 Å². The van der Waals surface area contributed by atoms with Crippen molar-refractivity contribution in [1.82, 2.24) is 0 Å². The highest BCUT2D eigenvalue weighted by Crippen LogP contribution is 2.46. The SMILES string of the molecule is COc1ccc(N(c2ccc(/C=C/c3sc(/C=C/c4ccc(N(c5ccc(OC)cc5)c5ccc(OC)cc5)cc4)c4c3OCCO4)cc2)c2ccc(OC)cc2)cc1. The van der Waals surface area contributed by atoms with E-state index in [2.05, 4.69) is 131 Å².